The molecule has 0 aliphatic carbocycles. The molecule has 1 heterocycles. The molecule has 1 amide bonds. The predicted molar refractivity (Wildman–Crippen MR) is 89.6 cm³/mol. The fourth-order valence-corrected chi connectivity index (χ4v) is 2.64. The third kappa shape index (κ3) is 2.80. The molecular formula is C17H16N2O2S. The number of aryl methyl sites for hydroxylation is 1. The van der Waals surface area contributed by atoms with E-state index in [1.807, 2.05) is 50.2 Å². The number of oxazole rings is 1. The number of carbonyl (C=O) groups is 1. The van der Waals surface area contributed by atoms with Crippen LogP contribution in [0.5, 0.6) is 0 Å². The minimum atomic E-state index is -0.0462. The van der Waals surface area contributed by atoms with Crippen LogP contribution in [0, 0.1) is 18.7 Å². The molecule has 0 bridgehead atoms. The average Bonchev–Trinajstić information content (AvgIpc) is 2.86. The number of aromatic amines is 1. The third-order valence-corrected chi connectivity index (χ3v) is 3.94. The van der Waals surface area contributed by atoms with E-state index in [2.05, 4.69) is 10.3 Å². The lowest BCUT2D eigenvalue weighted by Crippen LogP contribution is -2.15. The molecule has 2 aromatic carbocycles. The van der Waals surface area contributed by atoms with Crippen molar-refractivity contribution < 1.29 is 9.21 Å². The summed E-state index contributed by atoms with van der Waals surface area (Å²) in [7, 11) is 0. The second-order valence-electron chi connectivity index (χ2n) is 5.28. The first-order valence-electron chi connectivity index (χ1n) is 7.01. The first-order valence-corrected chi connectivity index (χ1v) is 7.42. The Morgan fingerprint density at radius 2 is 1.95 bits per heavy atom. The molecule has 0 radical (unpaired) electrons. The Morgan fingerprint density at radius 3 is 2.68 bits per heavy atom. The Morgan fingerprint density at radius 1 is 1.23 bits per heavy atom. The molecule has 0 fully saturated rings. The van der Waals surface area contributed by atoms with E-state index in [1.165, 1.54) is 0 Å². The van der Waals surface area contributed by atoms with Crippen molar-refractivity contribution in [2.45, 2.75) is 20.3 Å². The van der Waals surface area contributed by atoms with Gasteiger partial charge in [-0.1, -0.05) is 30.3 Å². The minimum absolute atomic E-state index is 0.0462. The lowest BCUT2D eigenvalue weighted by Gasteiger charge is -2.11. The zero-order valence-corrected chi connectivity index (χ0v) is 13.2. The first kappa shape index (κ1) is 14.5. The largest absolute Gasteiger partial charge is 0.429 e. The van der Waals surface area contributed by atoms with Gasteiger partial charge in [-0.25, -0.2) is 0 Å². The van der Waals surface area contributed by atoms with E-state index in [0.29, 0.717) is 11.3 Å². The molecule has 4 nitrogen and oxygen atoms in total. The van der Waals surface area contributed by atoms with Crippen molar-refractivity contribution in [2.75, 3.05) is 5.32 Å². The SMILES string of the molecule is Cc1c(NC(=O)Cc2ccccc2)cc2[nH]c(=S)oc2c1C. The molecule has 0 saturated heterocycles. The number of aromatic nitrogens is 1. The summed E-state index contributed by atoms with van der Waals surface area (Å²) >= 11 is 5.02. The van der Waals surface area contributed by atoms with Gasteiger partial charge in [-0.2, -0.15) is 0 Å². The van der Waals surface area contributed by atoms with Gasteiger partial charge in [0.05, 0.1) is 11.9 Å². The maximum Gasteiger partial charge on any atom is 0.266 e. The van der Waals surface area contributed by atoms with Crippen molar-refractivity contribution in [3.8, 4) is 0 Å². The number of hydrogen-bond donors (Lipinski definition) is 2. The Labute approximate surface area is 133 Å². The van der Waals surface area contributed by atoms with E-state index >= 15 is 0 Å². The molecule has 3 aromatic rings. The summed E-state index contributed by atoms with van der Waals surface area (Å²) in [6.45, 7) is 3.91. The van der Waals surface area contributed by atoms with E-state index in [1.54, 1.807) is 0 Å². The summed E-state index contributed by atoms with van der Waals surface area (Å²) in [5, 5.41) is 2.97. The second-order valence-corrected chi connectivity index (χ2v) is 5.65. The molecule has 2 N–H and O–H groups in total. The molecule has 1 aromatic heterocycles. The normalized spacial score (nSPS) is 10.8. The van der Waals surface area contributed by atoms with Crippen molar-refractivity contribution in [2.24, 2.45) is 0 Å². The number of benzene rings is 2. The zero-order chi connectivity index (χ0) is 15.7. The van der Waals surface area contributed by atoms with Gasteiger partial charge in [0.25, 0.3) is 4.84 Å². The molecule has 0 atom stereocenters. The predicted octanol–water partition coefficient (Wildman–Crippen LogP) is 4.29. The van der Waals surface area contributed by atoms with Gasteiger partial charge in [-0.05, 0) is 48.8 Å². The van der Waals surface area contributed by atoms with Crippen LogP contribution >= 0.6 is 12.2 Å². The van der Waals surface area contributed by atoms with Gasteiger partial charge in [0.2, 0.25) is 5.91 Å². The van der Waals surface area contributed by atoms with Crippen LogP contribution < -0.4 is 5.32 Å². The topological polar surface area (TPSA) is 58.0 Å². The highest BCUT2D eigenvalue weighted by molar-refractivity contribution is 7.71. The smallest absolute Gasteiger partial charge is 0.266 e. The van der Waals surface area contributed by atoms with E-state index in [-0.39, 0.29) is 5.91 Å². The van der Waals surface area contributed by atoms with Crippen LogP contribution in [0.1, 0.15) is 16.7 Å². The molecule has 0 saturated carbocycles. The minimum Gasteiger partial charge on any atom is -0.429 e. The lowest BCUT2D eigenvalue weighted by molar-refractivity contribution is -0.115. The highest BCUT2D eigenvalue weighted by Gasteiger charge is 2.12. The molecule has 0 unspecified atom stereocenters. The van der Waals surface area contributed by atoms with E-state index < -0.39 is 0 Å². The van der Waals surface area contributed by atoms with Crippen LogP contribution in [0.15, 0.2) is 40.8 Å². The Hall–Kier alpha value is -2.40. The number of amides is 1. The number of anilines is 1. The number of hydrogen-bond acceptors (Lipinski definition) is 3. The van der Waals surface area contributed by atoms with Crippen LogP contribution in [0.2, 0.25) is 0 Å². The Balaban J connectivity index is 1.88. The van der Waals surface area contributed by atoms with E-state index in [4.69, 9.17) is 16.6 Å². The third-order valence-electron chi connectivity index (χ3n) is 3.75. The van der Waals surface area contributed by atoms with Crippen LogP contribution in [-0.2, 0) is 11.2 Å². The summed E-state index contributed by atoms with van der Waals surface area (Å²) in [5.74, 6) is -0.0462. The highest BCUT2D eigenvalue weighted by Crippen LogP contribution is 2.28. The van der Waals surface area contributed by atoms with Crippen molar-refractivity contribution in [1.29, 1.82) is 0 Å². The Kier molecular flexibility index (Phi) is 3.81. The van der Waals surface area contributed by atoms with Gasteiger partial charge in [0.15, 0.2) is 5.58 Å². The molecule has 0 aliphatic rings. The van der Waals surface area contributed by atoms with Gasteiger partial charge in [-0.15, -0.1) is 0 Å². The van der Waals surface area contributed by atoms with Gasteiger partial charge >= 0.3 is 0 Å². The summed E-state index contributed by atoms with van der Waals surface area (Å²) in [6, 6.07) is 11.5. The average molecular weight is 312 g/mol. The van der Waals surface area contributed by atoms with Crippen molar-refractivity contribution in [3.05, 3.63) is 57.9 Å². The number of rotatable bonds is 3. The van der Waals surface area contributed by atoms with E-state index in [9.17, 15) is 4.79 Å². The standard InChI is InChI=1S/C17H16N2O2S/c1-10-11(2)16-14(19-17(22)21-16)9-13(10)18-15(20)8-12-6-4-3-5-7-12/h3-7,9H,8H2,1-2H3,(H,18,20)(H,19,22). The molecular weight excluding hydrogens is 296 g/mol. The molecule has 5 heteroatoms. The van der Waals surface area contributed by atoms with Gasteiger partial charge in [-0.3, -0.25) is 4.79 Å². The molecule has 22 heavy (non-hydrogen) atoms. The summed E-state index contributed by atoms with van der Waals surface area (Å²) in [5.41, 5.74) is 5.24. The number of nitrogens with one attached hydrogen (secondary N) is 2. The van der Waals surface area contributed by atoms with Gasteiger partial charge in [0.1, 0.15) is 0 Å². The van der Waals surface area contributed by atoms with Crippen molar-refractivity contribution in [3.63, 3.8) is 0 Å². The molecule has 0 aliphatic heterocycles. The molecule has 112 valence electrons. The quantitative estimate of drug-likeness (QED) is 0.709. The van der Waals surface area contributed by atoms with Gasteiger partial charge < -0.3 is 14.7 Å². The summed E-state index contributed by atoms with van der Waals surface area (Å²) < 4.78 is 5.48. The monoisotopic (exact) mass is 312 g/mol. The van der Waals surface area contributed by atoms with Crippen molar-refractivity contribution in [1.82, 2.24) is 4.98 Å². The maximum atomic E-state index is 12.2. The van der Waals surface area contributed by atoms with Crippen LogP contribution in [0.25, 0.3) is 11.1 Å². The first-order chi connectivity index (χ1) is 10.5. The van der Waals surface area contributed by atoms with Crippen LogP contribution in [0.3, 0.4) is 0 Å². The highest BCUT2D eigenvalue weighted by atomic mass is 32.1. The second kappa shape index (κ2) is 5.77. The fraction of sp³-hybridized carbons (Fsp3) is 0.176. The van der Waals surface area contributed by atoms with Crippen molar-refractivity contribution >= 4 is 34.9 Å². The van der Waals surface area contributed by atoms with Gasteiger partial charge in [0, 0.05) is 5.69 Å². The zero-order valence-electron chi connectivity index (χ0n) is 12.4. The maximum absolute atomic E-state index is 12.2. The number of carbonyl (C=O) groups excluding carboxylic acids is 1. The summed E-state index contributed by atoms with van der Waals surface area (Å²) in [6.07, 6.45) is 0.346. The Bertz CT molecular complexity index is 894. The number of fused-ring (bicyclic) bond motifs is 1. The fourth-order valence-electron chi connectivity index (χ4n) is 2.45. The summed E-state index contributed by atoms with van der Waals surface area (Å²) in [4.78, 5) is 15.5. The van der Waals surface area contributed by atoms with E-state index in [0.717, 1.165) is 33.5 Å². The van der Waals surface area contributed by atoms with Crippen LogP contribution in [-0.4, -0.2) is 10.9 Å². The molecule has 3 rings (SSSR count). The van der Waals surface area contributed by atoms with Crippen LogP contribution in [0.4, 0.5) is 5.69 Å². The molecule has 0 spiro atoms. The number of H-pyrrole nitrogens is 1. The lowest BCUT2D eigenvalue weighted by atomic mass is 10.1.